The number of nitrogens with zero attached hydrogens (tertiary/aromatic N) is 1. The molecule has 0 aliphatic rings. The quantitative estimate of drug-likeness (QED) is 0.889. The predicted octanol–water partition coefficient (Wildman–Crippen LogP) is 3.14. The number of carbonyl (C=O) groups excluding carboxylic acids is 1. The summed E-state index contributed by atoms with van der Waals surface area (Å²) in [5, 5.41) is 2.85. The van der Waals surface area contributed by atoms with Gasteiger partial charge >= 0.3 is 0 Å². The van der Waals surface area contributed by atoms with E-state index in [-0.39, 0.29) is 18.3 Å². The zero-order chi connectivity index (χ0) is 15.2. The largest absolute Gasteiger partial charge is 0.325 e. The van der Waals surface area contributed by atoms with Crippen LogP contribution in [0, 0.1) is 0 Å². The summed E-state index contributed by atoms with van der Waals surface area (Å²) in [5.41, 5.74) is 8.96. The van der Waals surface area contributed by atoms with Gasteiger partial charge in [0, 0.05) is 18.1 Å². The highest BCUT2D eigenvalue weighted by Crippen LogP contribution is 2.17. The fourth-order valence-corrected chi connectivity index (χ4v) is 2.05. The SMILES string of the molecule is CC(C)c1ccc(NC(=O)[C@@H](N)Cc2ccncc2)cc1.Cl. The second kappa shape index (κ2) is 8.51. The van der Waals surface area contributed by atoms with Crippen LogP contribution in [0.25, 0.3) is 0 Å². The van der Waals surface area contributed by atoms with Crippen molar-refractivity contribution in [3.8, 4) is 0 Å². The minimum Gasteiger partial charge on any atom is -0.325 e. The first-order valence-electron chi connectivity index (χ1n) is 7.11. The van der Waals surface area contributed by atoms with Crippen molar-refractivity contribution in [2.45, 2.75) is 32.2 Å². The molecule has 0 unspecified atom stereocenters. The molecule has 0 spiro atoms. The normalized spacial score (nSPS) is 11.6. The molecule has 22 heavy (non-hydrogen) atoms. The summed E-state index contributed by atoms with van der Waals surface area (Å²) >= 11 is 0. The molecule has 1 heterocycles. The summed E-state index contributed by atoms with van der Waals surface area (Å²) in [6.45, 7) is 4.27. The van der Waals surface area contributed by atoms with E-state index in [0.29, 0.717) is 12.3 Å². The lowest BCUT2D eigenvalue weighted by molar-refractivity contribution is -0.117. The number of rotatable bonds is 5. The van der Waals surface area contributed by atoms with E-state index < -0.39 is 6.04 Å². The van der Waals surface area contributed by atoms with Crippen LogP contribution in [0.15, 0.2) is 48.8 Å². The van der Waals surface area contributed by atoms with Crippen molar-refractivity contribution in [2.24, 2.45) is 5.73 Å². The summed E-state index contributed by atoms with van der Waals surface area (Å²) in [7, 11) is 0. The second-order valence-corrected chi connectivity index (χ2v) is 5.43. The van der Waals surface area contributed by atoms with Crippen LogP contribution in [0.4, 0.5) is 5.69 Å². The van der Waals surface area contributed by atoms with Gasteiger partial charge in [-0.2, -0.15) is 0 Å². The number of aromatic nitrogens is 1. The molecule has 5 heteroatoms. The first kappa shape index (κ1) is 18.1. The van der Waals surface area contributed by atoms with Gasteiger partial charge in [-0.1, -0.05) is 26.0 Å². The summed E-state index contributed by atoms with van der Waals surface area (Å²) in [5.74, 6) is 0.299. The van der Waals surface area contributed by atoms with E-state index in [4.69, 9.17) is 5.73 Å². The monoisotopic (exact) mass is 319 g/mol. The van der Waals surface area contributed by atoms with Crippen LogP contribution in [0.3, 0.4) is 0 Å². The maximum Gasteiger partial charge on any atom is 0.241 e. The molecule has 118 valence electrons. The van der Waals surface area contributed by atoms with Crippen molar-refractivity contribution in [2.75, 3.05) is 5.32 Å². The van der Waals surface area contributed by atoms with Crippen LogP contribution < -0.4 is 11.1 Å². The molecule has 4 nitrogen and oxygen atoms in total. The predicted molar refractivity (Wildman–Crippen MR) is 92.3 cm³/mol. The topological polar surface area (TPSA) is 68.0 Å². The Morgan fingerprint density at radius 2 is 1.73 bits per heavy atom. The average molecular weight is 320 g/mol. The Morgan fingerprint density at radius 3 is 2.27 bits per heavy atom. The number of pyridine rings is 1. The average Bonchev–Trinajstić information content (AvgIpc) is 2.48. The van der Waals surface area contributed by atoms with Crippen LogP contribution in [0.5, 0.6) is 0 Å². The lowest BCUT2D eigenvalue weighted by Crippen LogP contribution is -2.37. The first-order chi connectivity index (χ1) is 10.1. The molecule has 3 N–H and O–H groups in total. The third-order valence-electron chi connectivity index (χ3n) is 3.39. The van der Waals surface area contributed by atoms with Gasteiger partial charge in [0.05, 0.1) is 6.04 Å². The zero-order valence-corrected chi connectivity index (χ0v) is 13.6. The van der Waals surface area contributed by atoms with E-state index in [1.54, 1.807) is 12.4 Å². The molecule has 0 aliphatic carbocycles. The minimum atomic E-state index is -0.572. The number of hydrogen-bond donors (Lipinski definition) is 2. The Bertz CT molecular complexity index is 585. The van der Waals surface area contributed by atoms with Gasteiger partial charge in [-0.3, -0.25) is 9.78 Å². The van der Waals surface area contributed by atoms with E-state index in [9.17, 15) is 4.79 Å². The summed E-state index contributed by atoms with van der Waals surface area (Å²) in [6.07, 6.45) is 3.90. The third kappa shape index (κ3) is 5.13. The smallest absolute Gasteiger partial charge is 0.241 e. The Balaban J connectivity index is 0.00000242. The van der Waals surface area contributed by atoms with E-state index >= 15 is 0 Å². The molecule has 0 fully saturated rings. The molecule has 2 rings (SSSR count). The molecule has 0 aliphatic heterocycles. The highest BCUT2D eigenvalue weighted by molar-refractivity contribution is 5.94. The molecular weight excluding hydrogens is 298 g/mol. The fraction of sp³-hybridized carbons (Fsp3) is 0.294. The van der Waals surface area contributed by atoms with Gasteiger partial charge in [0.1, 0.15) is 0 Å². The minimum absolute atomic E-state index is 0. The number of amides is 1. The number of carbonyl (C=O) groups is 1. The highest BCUT2D eigenvalue weighted by atomic mass is 35.5. The summed E-state index contributed by atoms with van der Waals surface area (Å²) < 4.78 is 0. The van der Waals surface area contributed by atoms with Gasteiger partial charge in [0.2, 0.25) is 5.91 Å². The van der Waals surface area contributed by atoms with Crippen molar-refractivity contribution in [1.29, 1.82) is 0 Å². The van der Waals surface area contributed by atoms with Gasteiger partial charge in [-0.25, -0.2) is 0 Å². The van der Waals surface area contributed by atoms with Gasteiger partial charge in [-0.05, 0) is 47.7 Å². The first-order valence-corrected chi connectivity index (χ1v) is 7.11. The fourth-order valence-electron chi connectivity index (χ4n) is 2.05. The molecule has 1 atom stereocenters. The highest BCUT2D eigenvalue weighted by Gasteiger charge is 2.14. The van der Waals surface area contributed by atoms with Gasteiger partial charge < -0.3 is 11.1 Å². The van der Waals surface area contributed by atoms with E-state index in [2.05, 4.69) is 24.1 Å². The second-order valence-electron chi connectivity index (χ2n) is 5.43. The number of hydrogen-bond acceptors (Lipinski definition) is 3. The zero-order valence-electron chi connectivity index (χ0n) is 12.8. The summed E-state index contributed by atoms with van der Waals surface area (Å²) in [4.78, 5) is 16.0. The van der Waals surface area contributed by atoms with Gasteiger partial charge in [-0.15, -0.1) is 12.4 Å². The van der Waals surface area contributed by atoms with Crippen molar-refractivity contribution in [3.05, 3.63) is 59.9 Å². The van der Waals surface area contributed by atoms with Crippen LogP contribution in [-0.2, 0) is 11.2 Å². The molecule has 1 aromatic heterocycles. The third-order valence-corrected chi connectivity index (χ3v) is 3.39. The Morgan fingerprint density at radius 1 is 1.14 bits per heavy atom. The van der Waals surface area contributed by atoms with Crippen molar-refractivity contribution in [3.63, 3.8) is 0 Å². The van der Waals surface area contributed by atoms with E-state index in [1.807, 2.05) is 36.4 Å². The molecule has 1 aromatic carbocycles. The summed E-state index contributed by atoms with van der Waals surface area (Å²) in [6, 6.07) is 11.0. The lowest BCUT2D eigenvalue weighted by Gasteiger charge is -2.13. The molecule has 0 saturated heterocycles. The lowest BCUT2D eigenvalue weighted by atomic mass is 10.0. The molecular formula is C17H22ClN3O. The number of benzene rings is 1. The Labute approximate surface area is 137 Å². The molecule has 0 bridgehead atoms. The van der Waals surface area contributed by atoms with E-state index in [0.717, 1.165) is 11.3 Å². The van der Waals surface area contributed by atoms with Gasteiger partial charge in [0.25, 0.3) is 0 Å². The van der Waals surface area contributed by atoms with Crippen LogP contribution in [0.2, 0.25) is 0 Å². The molecule has 0 saturated carbocycles. The van der Waals surface area contributed by atoms with Crippen LogP contribution >= 0.6 is 12.4 Å². The van der Waals surface area contributed by atoms with Crippen molar-refractivity contribution in [1.82, 2.24) is 4.98 Å². The molecule has 0 radical (unpaired) electrons. The van der Waals surface area contributed by atoms with Gasteiger partial charge in [0.15, 0.2) is 0 Å². The van der Waals surface area contributed by atoms with Crippen molar-refractivity contribution < 1.29 is 4.79 Å². The molecule has 1 amide bonds. The van der Waals surface area contributed by atoms with Crippen LogP contribution in [-0.4, -0.2) is 16.9 Å². The standard InChI is InChI=1S/C17H21N3O.ClH/c1-12(2)14-3-5-15(6-4-14)20-17(21)16(18)11-13-7-9-19-10-8-13;/h3-10,12,16H,11,18H2,1-2H3,(H,20,21);1H/t16-;/m0./s1. The number of nitrogens with two attached hydrogens (primary N) is 1. The Hall–Kier alpha value is -1.91. The molecule has 2 aromatic rings. The maximum absolute atomic E-state index is 12.1. The maximum atomic E-state index is 12.1. The van der Waals surface area contributed by atoms with Crippen LogP contribution in [0.1, 0.15) is 30.9 Å². The number of halogens is 1. The Kier molecular flexibility index (Phi) is 7.02. The van der Waals surface area contributed by atoms with Crippen molar-refractivity contribution >= 4 is 24.0 Å². The number of anilines is 1. The number of nitrogens with one attached hydrogen (secondary N) is 1. The van der Waals surface area contributed by atoms with E-state index in [1.165, 1.54) is 5.56 Å².